The molecule has 1 atom stereocenters. The second-order valence-electron chi connectivity index (χ2n) is 6.14. The van der Waals surface area contributed by atoms with Gasteiger partial charge in [0.15, 0.2) is 5.75 Å². The number of methoxy groups -OCH3 is 1. The van der Waals surface area contributed by atoms with Gasteiger partial charge in [0.05, 0.1) is 18.0 Å². The van der Waals surface area contributed by atoms with E-state index in [1.165, 1.54) is 26.3 Å². The van der Waals surface area contributed by atoms with Gasteiger partial charge in [0.2, 0.25) is 5.82 Å². The Morgan fingerprint density at radius 2 is 2.00 bits per heavy atom. The molecule has 26 heavy (non-hydrogen) atoms. The van der Waals surface area contributed by atoms with Crippen molar-refractivity contribution < 1.29 is 17.7 Å². The molecule has 1 aromatic heterocycles. The average molecular weight is 383 g/mol. The van der Waals surface area contributed by atoms with Crippen molar-refractivity contribution in [2.75, 3.05) is 17.1 Å². The molecule has 1 unspecified atom stereocenters. The largest absolute Gasteiger partial charge is 0.491 e. The van der Waals surface area contributed by atoms with E-state index in [0.717, 1.165) is 23.0 Å². The lowest BCUT2D eigenvalue weighted by Gasteiger charge is -2.20. The van der Waals surface area contributed by atoms with Gasteiger partial charge in [-0.1, -0.05) is 6.07 Å². The smallest absolute Gasteiger partial charge is 0.291 e. The summed E-state index contributed by atoms with van der Waals surface area (Å²) in [5.74, 6) is -1.95. The van der Waals surface area contributed by atoms with Crippen molar-refractivity contribution in [2.24, 2.45) is 7.05 Å². The second-order valence-corrected chi connectivity index (χ2v) is 7.61. The molecule has 0 saturated heterocycles. The molecule has 1 aromatic carbocycles. The van der Waals surface area contributed by atoms with Crippen molar-refractivity contribution in [2.45, 2.75) is 25.0 Å². The third-order valence-corrected chi connectivity index (χ3v) is 5.58. The highest BCUT2D eigenvalue weighted by atomic mass is 32.2. The number of ether oxygens (including phenoxy) is 1. The topological polar surface area (TPSA) is 72.4 Å². The maximum atomic E-state index is 14.3. The third kappa shape index (κ3) is 3.44. The fourth-order valence-corrected chi connectivity index (χ4v) is 3.60. The fourth-order valence-electron chi connectivity index (χ4n) is 2.48. The van der Waals surface area contributed by atoms with E-state index in [0.29, 0.717) is 0 Å². The normalized spacial score (nSPS) is 14.8. The molecule has 1 aliphatic carbocycles. The molecular formula is C17H19F2N3O3S. The number of hydrogen-bond donors (Lipinski definition) is 2. The molecule has 0 bridgehead atoms. The lowest BCUT2D eigenvalue weighted by atomic mass is 10.2. The predicted molar refractivity (Wildman–Crippen MR) is 97.4 cm³/mol. The predicted octanol–water partition coefficient (Wildman–Crippen LogP) is 2.96. The number of nitrogens with one attached hydrogen (secondary N) is 2. The van der Waals surface area contributed by atoms with Gasteiger partial charge in [0, 0.05) is 7.05 Å². The molecule has 1 aliphatic rings. The number of pyridine rings is 1. The first-order valence-electron chi connectivity index (χ1n) is 8.00. The minimum Gasteiger partial charge on any atom is -0.491 e. The van der Waals surface area contributed by atoms with Gasteiger partial charge in [-0.25, -0.2) is 8.60 Å². The van der Waals surface area contributed by atoms with Crippen LogP contribution in [0, 0.1) is 18.6 Å². The molecule has 140 valence electrons. The SMILES string of the molecule is COc1c(NS(=O)C2CC2)c(Nc2ccc(C)cc2F)n(C)c(=O)c1F. The highest BCUT2D eigenvalue weighted by Gasteiger charge is 2.31. The van der Waals surface area contributed by atoms with Crippen molar-refractivity contribution in [1.82, 2.24) is 4.57 Å². The Kier molecular flexibility index (Phi) is 4.99. The van der Waals surface area contributed by atoms with Gasteiger partial charge in [-0.15, -0.1) is 0 Å². The number of hydrogen-bond acceptors (Lipinski definition) is 4. The van der Waals surface area contributed by atoms with Gasteiger partial charge < -0.3 is 10.1 Å². The van der Waals surface area contributed by atoms with Crippen molar-refractivity contribution in [1.29, 1.82) is 0 Å². The van der Waals surface area contributed by atoms with Crippen LogP contribution in [-0.4, -0.2) is 21.1 Å². The summed E-state index contributed by atoms with van der Waals surface area (Å²) in [5.41, 5.74) is -0.108. The van der Waals surface area contributed by atoms with E-state index in [1.54, 1.807) is 13.0 Å². The van der Waals surface area contributed by atoms with Crippen LogP contribution < -0.4 is 20.3 Å². The Hall–Kier alpha value is -2.42. The quantitative estimate of drug-likeness (QED) is 0.805. The van der Waals surface area contributed by atoms with Gasteiger partial charge >= 0.3 is 0 Å². The Labute approximate surface area is 151 Å². The molecule has 6 nitrogen and oxygen atoms in total. The van der Waals surface area contributed by atoms with Crippen LogP contribution in [0.5, 0.6) is 5.75 Å². The molecule has 0 radical (unpaired) electrons. The van der Waals surface area contributed by atoms with Crippen molar-refractivity contribution in [3.63, 3.8) is 0 Å². The molecule has 3 rings (SSSR count). The molecule has 1 heterocycles. The number of halogens is 2. The fraction of sp³-hybridized carbons (Fsp3) is 0.353. The van der Waals surface area contributed by atoms with E-state index in [1.807, 2.05) is 0 Å². The number of anilines is 3. The Morgan fingerprint density at radius 1 is 1.31 bits per heavy atom. The first-order valence-corrected chi connectivity index (χ1v) is 9.21. The molecule has 2 N–H and O–H groups in total. The molecule has 2 aromatic rings. The monoisotopic (exact) mass is 383 g/mol. The van der Waals surface area contributed by atoms with Gasteiger partial charge in [-0.2, -0.15) is 4.39 Å². The summed E-state index contributed by atoms with van der Waals surface area (Å²) >= 11 is 0. The highest BCUT2D eigenvalue weighted by Crippen LogP contribution is 2.37. The molecule has 9 heteroatoms. The first-order chi connectivity index (χ1) is 12.3. The van der Waals surface area contributed by atoms with Crippen LogP contribution in [0.3, 0.4) is 0 Å². The zero-order valence-corrected chi connectivity index (χ0v) is 15.4. The van der Waals surface area contributed by atoms with Crippen molar-refractivity contribution in [3.05, 3.63) is 45.8 Å². The van der Waals surface area contributed by atoms with Crippen LogP contribution in [0.1, 0.15) is 18.4 Å². The Bertz CT molecular complexity index is 942. The molecule has 0 aliphatic heterocycles. The number of rotatable bonds is 6. The van der Waals surface area contributed by atoms with Gasteiger partial charge in [0.25, 0.3) is 5.56 Å². The first kappa shape index (κ1) is 18.4. The third-order valence-electron chi connectivity index (χ3n) is 4.10. The van der Waals surface area contributed by atoms with E-state index in [9.17, 15) is 17.8 Å². The van der Waals surface area contributed by atoms with E-state index in [2.05, 4.69) is 10.0 Å². The lowest BCUT2D eigenvalue weighted by molar-refractivity contribution is 0.383. The number of aromatic nitrogens is 1. The summed E-state index contributed by atoms with van der Waals surface area (Å²) in [7, 11) is 1.08. The maximum Gasteiger partial charge on any atom is 0.291 e. The van der Waals surface area contributed by atoms with Crippen LogP contribution in [0.15, 0.2) is 23.0 Å². The summed E-state index contributed by atoms with van der Waals surface area (Å²) in [6.07, 6.45) is 1.59. The zero-order chi connectivity index (χ0) is 19.0. The van der Waals surface area contributed by atoms with Crippen LogP contribution in [0.4, 0.5) is 26.0 Å². The molecule has 0 amide bonds. The summed E-state index contributed by atoms with van der Waals surface area (Å²) < 4.78 is 49.6. The van der Waals surface area contributed by atoms with E-state index >= 15 is 0 Å². The minimum atomic E-state index is -1.47. The van der Waals surface area contributed by atoms with Gasteiger partial charge in [-0.3, -0.25) is 14.1 Å². The highest BCUT2D eigenvalue weighted by molar-refractivity contribution is 7.87. The van der Waals surface area contributed by atoms with Crippen molar-refractivity contribution >= 4 is 28.2 Å². The summed E-state index contributed by atoms with van der Waals surface area (Å²) in [4.78, 5) is 12.2. The molecular weight excluding hydrogens is 364 g/mol. The number of aryl methyl sites for hydroxylation is 1. The van der Waals surface area contributed by atoms with Crippen LogP contribution in [-0.2, 0) is 18.0 Å². The average Bonchev–Trinajstić information content (AvgIpc) is 3.43. The molecule has 1 fully saturated rings. The number of benzene rings is 1. The summed E-state index contributed by atoms with van der Waals surface area (Å²) in [6.45, 7) is 1.75. The maximum absolute atomic E-state index is 14.3. The Balaban J connectivity index is 2.13. The van der Waals surface area contributed by atoms with E-state index in [4.69, 9.17) is 4.74 Å². The van der Waals surface area contributed by atoms with E-state index in [-0.39, 0.29) is 28.2 Å². The van der Waals surface area contributed by atoms with Crippen LogP contribution >= 0.6 is 0 Å². The standard InChI is InChI=1S/C17H19F2N3O3S/c1-9-4-7-12(11(18)8-9)20-16-14(21-26(24)10-5-6-10)15(25-3)13(19)17(23)22(16)2/h4,7-8,10,20-21H,5-6H2,1-3H3. The van der Waals surface area contributed by atoms with E-state index < -0.39 is 28.2 Å². The summed E-state index contributed by atoms with van der Waals surface area (Å²) in [5, 5.41) is 2.75. The molecule has 0 spiro atoms. The van der Waals surface area contributed by atoms with Crippen LogP contribution in [0.25, 0.3) is 0 Å². The lowest BCUT2D eigenvalue weighted by Crippen LogP contribution is -2.26. The molecule has 1 saturated carbocycles. The van der Waals surface area contributed by atoms with Crippen LogP contribution in [0.2, 0.25) is 0 Å². The number of nitrogens with zero attached hydrogens (tertiary/aromatic N) is 1. The van der Waals surface area contributed by atoms with Crippen molar-refractivity contribution in [3.8, 4) is 5.75 Å². The zero-order valence-electron chi connectivity index (χ0n) is 14.6. The second kappa shape index (κ2) is 7.06. The van der Waals surface area contributed by atoms with Gasteiger partial charge in [-0.05, 0) is 37.5 Å². The minimum absolute atomic E-state index is 0.0114. The van der Waals surface area contributed by atoms with Gasteiger partial charge in [0.1, 0.15) is 28.3 Å². The summed E-state index contributed by atoms with van der Waals surface area (Å²) in [6, 6.07) is 4.53. The Morgan fingerprint density at radius 3 is 2.58 bits per heavy atom.